The zero-order valence-electron chi connectivity index (χ0n) is 12.6. The highest BCUT2D eigenvalue weighted by atomic mass is 15.1. The average molecular weight is 243 g/mol. The van der Waals surface area contributed by atoms with Crippen molar-refractivity contribution < 1.29 is 0 Å². The molecule has 0 spiro atoms. The van der Waals surface area contributed by atoms with Gasteiger partial charge in [0, 0.05) is 6.04 Å². The van der Waals surface area contributed by atoms with E-state index in [2.05, 4.69) is 50.1 Å². The van der Waals surface area contributed by atoms with Gasteiger partial charge in [0.25, 0.3) is 0 Å². The molecular weight excluding hydrogens is 210 g/mol. The van der Waals surface area contributed by atoms with Crippen molar-refractivity contribution in [2.75, 3.05) is 47.3 Å². The predicted octanol–water partition coefficient (Wildman–Crippen LogP) is 2.04. The maximum atomic E-state index is 3.54. The van der Waals surface area contributed by atoms with Gasteiger partial charge >= 0.3 is 0 Å². The lowest BCUT2D eigenvalue weighted by molar-refractivity contribution is 0.289. The molecule has 0 heterocycles. The minimum Gasteiger partial charge on any atom is -0.314 e. The van der Waals surface area contributed by atoms with Crippen molar-refractivity contribution in [1.82, 2.24) is 15.1 Å². The SMILES string of the molecule is CCNC(CC)CCCN(C)CCCN(C)C. The van der Waals surface area contributed by atoms with Crippen LogP contribution in [0, 0.1) is 0 Å². The zero-order valence-corrected chi connectivity index (χ0v) is 12.6. The largest absolute Gasteiger partial charge is 0.314 e. The third-order valence-electron chi connectivity index (χ3n) is 3.22. The van der Waals surface area contributed by atoms with E-state index in [-0.39, 0.29) is 0 Å². The Hall–Kier alpha value is -0.120. The normalized spacial score (nSPS) is 13.6. The van der Waals surface area contributed by atoms with Crippen LogP contribution in [0.3, 0.4) is 0 Å². The fourth-order valence-corrected chi connectivity index (χ4v) is 2.12. The molecule has 0 radical (unpaired) electrons. The number of nitrogens with zero attached hydrogens (tertiary/aromatic N) is 2. The Kier molecular flexibility index (Phi) is 10.9. The Bertz CT molecular complexity index is 160. The van der Waals surface area contributed by atoms with Crippen molar-refractivity contribution in [3.8, 4) is 0 Å². The van der Waals surface area contributed by atoms with Crippen molar-refractivity contribution in [2.24, 2.45) is 0 Å². The lowest BCUT2D eigenvalue weighted by Crippen LogP contribution is -2.30. The molecule has 1 N–H and O–H groups in total. The molecule has 0 aliphatic rings. The number of hydrogen-bond acceptors (Lipinski definition) is 3. The van der Waals surface area contributed by atoms with Gasteiger partial charge in [-0.05, 0) is 73.0 Å². The van der Waals surface area contributed by atoms with E-state index in [1.165, 1.54) is 45.3 Å². The summed E-state index contributed by atoms with van der Waals surface area (Å²) >= 11 is 0. The maximum absolute atomic E-state index is 3.54. The van der Waals surface area contributed by atoms with E-state index in [1.54, 1.807) is 0 Å². The minimum absolute atomic E-state index is 0.718. The quantitative estimate of drug-likeness (QED) is 0.599. The van der Waals surface area contributed by atoms with Crippen LogP contribution >= 0.6 is 0 Å². The first kappa shape index (κ1) is 16.9. The second-order valence-electron chi connectivity index (χ2n) is 5.27. The van der Waals surface area contributed by atoms with Crippen LogP contribution in [0.15, 0.2) is 0 Å². The van der Waals surface area contributed by atoms with E-state index in [0.717, 1.165) is 12.6 Å². The Balaban J connectivity index is 3.45. The predicted molar refractivity (Wildman–Crippen MR) is 77.7 cm³/mol. The van der Waals surface area contributed by atoms with Crippen LogP contribution in [0.4, 0.5) is 0 Å². The van der Waals surface area contributed by atoms with E-state index in [1.807, 2.05) is 0 Å². The molecule has 1 unspecified atom stereocenters. The lowest BCUT2D eigenvalue weighted by atomic mass is 10.1. The van der Waals surface area contributed by atoms with E-state index < -0.39 is 0 Å². The Morgan fingerprint density at radius 2 is 1.59 bits per heavy atom. The highest BCUT2D eigenvalue weighted by Gasteiger charge is 2.05. The first-order valence-electron chi connectivity index (χ1n) is 7.16. The molecule has 0 aromatic rings. The molecule has 0 saturated carbocycles. The van der Waals surface area contributed by atoms with Gasteiger partial charge in [-0.1, -0.05) is 13.8 Å². The number of hydrogen-bond donors (Lipinski definition) is 1. The first-order valence-corrected chi connectivity index (χ1v) is 7.16. The van der Waals surface area contributed by atoms with Gasteiger partial charge in [0.2, 0.25) is 0 Å². The topological polar surface area (TPSA) is 18.5 Å². The molecule has 104 valence electrons. The molecule has 3 nitrogen and oxygen atoms in total. The summed E-state index contributed by atoms with van der Waals surface area (Å²) < 4.78 is 0. The standard InChI is InChI=1S/C14H33N3/c1-6-14(15-7-2)10-8-12-17(5)13-9-11-16(3)4/h14-15H,6-13H2,1-5H3. The van der Waals surface area contributed by atoms with Gasteiger partial charge in [-0.15, -0.1) is 0 Å². The van der Waals surface area contributed by atoms with Gasteiger partial charge in [-0.25, -0.2) is 0 Å². The lowest BCUT2D eigenvalue weighted by Gasteiger charge is -2.20. The first-order chi connectivity index (χ1) is 8.10. The molecule has 0 saturated heterocycles. The Labute approximate surface area is 109 Å². The number of rotatable bonds is 11. The molecule has 0 aliphatic heterocycles. The second-order valence-corrected chi connectivity index (χ2v) is 5.27. The molecular formula is C14H33N3. The van der Waals surface area contributed by atoms with Gasteiger partial charge < -0.3 is 15.1 Å². The van der Waals surface area contributed by atoms with Crippen molar-refractivity contribution in [3.05, 3.63) is 0 Å². The van der Waals surface area contributed by atoms with Crippen molar-refractivity contribution in [2.45, 2.75) is 45.6 Å². The van der Waals surface area contributed by atoms with E-state index in [4.69, 9.17) is 0 Å². The summed E-state index contributed by atoms with van der Waals surface area (Å²) in [5.41, 5.74) is 0. The van der Waals surface area contributed by atoms with E-state index in [9.17, 15) is 0 Å². The van der Waals surface area contributed by atoms with Gasteiger partial charge in [-0.2, -0.15) is 0 Å². The summed E-state index contributed by atoms with van der Waals surface area (Å²) in [6.07, 6.45) is 5.14. The summed E-state index contributed by atoms with van der Waals surface area (Å²) in [6.45, 7) is 9.20. The Morgan fingerprint density at radius 1 is 0.941 bits per heavy atom. The van der Waals surface area contributed by atoms with Crippen LogP contribution in [-0.2, 0) is 0 Å². The van der Waals surface area contributed by atoms with Gasteiger partial charge in [0.15, 0.2) is 0 Å². The zero-order chi connectivity index (χ0) is 13.1. The van der Waals surface area contributed by atoms with Crippen LogP contribution in [0.1, 0.15) is 39.5 Å². The molecule has 1 atom stereocenters. The van der Waals surface area contributed by atoms with E-state index >= 15 is 0 Å². The van der Waals surface area contributed by atoms with Crippen molar-refractivity contribution in [1.29, 1.82) is 0 Å². The number of nitrogens with one attached hydrogen (secondary N) is 1. The summed E-state index contributed by atoms with van der Waals surface area (Å²) in [7, 11) is 6.52. The molecule has 0 rings (SSSR count). The fraction of sp³-hybridized carbons (Fsp3) is 1.00. The fourth-order valence-electron chi connectivity index (χ4n) is 2.12. The summed E-state index contributed by atoms with van der Waals surface area (Å²) in [6, 6.07) is 0.718. The second kappa shape index (κ2) is 11.0. The van der Waals surface area contributed by atoms with Crippen LogP contribution in [0.2, 0.25) is 0 Å². The van der Waals surface area contributed by atoms with Crippen LogP contribution in [0.5, 0.6) is 0 Å². The van der Waals surface area contributed by atoms with Gasteiger partial charge in [0.1, 0.15) is 0 Å². The third kappa shape index (κ3) is 10.7. The average Bonchev–Trinajstić information content (AvgIpc) is 2.27. The third-order valence-corrected chi connectivity index (χ3v) is 3.22. The molecule has 0 fully saturated rings. The van der Waals surface area contributed by atoms with Crippen LogP contribution < -0.4 is 5.32 Å². The van der Waals surface area contributed by atoms with Crippen molar-refractivity contribution in [3.63, 3.8) is 0 Å². The summed E-state index contributed by atoms with van der Waals surface area (Å²) in [5.74, 6) is 0. The maximum Gasteiger partial charge on any atom is 0.00647 e. The summed E-state index contributed by atoms with van der Waals surface area (Å²) in [4.78, 5) is 4.72. The molecule has 3 heteroatoms. The molecule has 0 aromatic heterocycles. The summed E-state index contributed by atoms with van der Waals surface area (Å²) in [5, 5.41) is 3.54. The molecule has 17 heavy (non-hydrogen) atoms. The van der Waals surface area contributed by atoms with Gasteiger partial charge in [-0.3, -0.25) is 0 Å². The Morgan fingerprint density at radius 3 is 2.12 bits per heavy atom. The van der Waals surface area contributed by atoms with Gasteiger partial charge in [0.05, 0.1) is 0 Å². The molecule has 0 bridgehead atoms. The van der Waals surface area contributed by atoms with E-state index in [0.29, 0.717) is 0 Å². The monoisotopic (exact) mass is 243 g/mol. The molecule has 0 aromatic carbocycles. The van der Waals surface area contributed by atoms with Crippen molar-refractivity contribution >= 4 is 0 Å². The molecule has 0 aliphatic carbocycles. The highest BCUT2D eigenvalue weighted by Crippen LogP contribution is 2.03. The van der Waals surface area contributed by atoms with Crippen LogP contribution in [0.25, 0.3) is 0 Å². The highest BCUT2D eigenvalue weighted by molar-refractivity contribution is 4.65. The van der Waals surface area contributed by atoms with Crippen LogP contribution in [-0.4, -0.2) is 63.2 Å². The smallest absolute Gasteiger partial charge is 0.00647 e. The molecule has 0 amide bonds. The minimum atomic E-state index is 0.718.